The second-order valence-corrected chi connectivity index (χ2v) is 8.52. The van der Waals surface area contributed by atoms with E-state index in [1.165, 1.54) is 25.3 Å². The molecule has 168 valence electrons. The highest BCUT2D eigenvalue weighted by atomic mass is 19.4. The van der Waals surface area contributed by atoms with Gasteiger partial charge in [-0.15, -0.1) is 0 Å². The van der Waals surface area contributed by atoms with Gasteiger partial charge in [-0.2, -0.15) is 13.2 Å². The summed E-state index contributed by atoms with van der Waals surface area (Å²) in [6.07, 6.45) is 2.06. The molecule has 1 heterocycles. The van der Waals surface area contributed by atoms with E-state index in [9.17, 15) is 18.0 Å². The van der Waals surface area contributed by atoms with Crippen molar-refractivity contribution in [2.75, 3.05) is 10.6 Å². The number of amides is 1. The summed E-state index contributed by atoms with van der Waals surface area (Å²) in [5.41, 5.74) is 1.94. The van der Waals surface area contributed by atoms with Gasteiger partial charge in [-0.1, -0.05) is 25.3 Å². The van der Waals surface area contributed by atoms with Crippen molar-refractivity contribution in [2.24, 2.45) is 5.92 Å². The second kappa shape index (κ2) is 9.18. The molecular weight excluding hydrogens is 415 g/mol. The maximum atomic E-state index is 13.0. The highest BCUT2D eigenvalue weighted by Gasteiger charge is 2.30. The van der Waals surface area contributed by atoms with Gasteiger partial charge < -0.3 is 10.6 Å². The molecule has 7 heteroatoms. The molecule has 2 aromatic carbocycles. The lowest BCUT2D eigenvalue weighted by molar-refractivity contribution is -0.137. The molecule has 0 spiro atoms. The maximum Gasteiger partial charge on any atom is 0.416 e. The van der Waals surface area contributed by atoms with E-state index >= 15 is 0 Å². The van der Waals surface area contributed by atoms with Crippen LogP contribution < -0.4 is 10.6 Å². The largest absolute Gasteiger partial charge is 0.416 e. The van der Waals surface area contributed by atoms with Crippen LogP contribution >= 0.6 is 0 Å². The Labute approximate surface area is 185 Å². The quantitative estimate of drug-likeness (QED) is 0.440. The van der Waals surface area contributed by atoms with Gasteiger partial charge in [0.15, 0.2) is 0 Å². The van der Waals surface area contributed by atoms with Crippen molar-refractivity contribution in [3.05, 3.63) is 59.7 Å². The zero-order valence-corrected chi connectivity index (χ0v) is 17.9. The molecule has 1 aromatic heterocycles. The maximum absolute atomic E-state index is 13.0. The number of nitrogens with one attached hydrogen (secondary N) is 2. The minimum absolute atomic E-state index is 0.0321. The molecule has 1 aliphatic rings. The third-order valence-electron chi connectivity index (χ3n) is 5.96. The number of aromatic nitrogens is 1. The van der Waals surface area contributed by atoms with E-state index in [0.29, 0.717) is 29.4 Å². The number of carbonyl (C=O) groups excluding carboxylic acids is 1. The first-order chi connectivity index (χ1) is 15.3. The molecule has 0 atom stereocenters. The Morgan fingerprint density at radius 3 is 2.56 bits per heavy atom. The molecule has 0 saturated heterocycles. The van der Waals surface area contributed by atoms with Gasteiger partial charge in [0.25, 0.3) is 0 Å². The summed E-state index contributed by atoms with van der Waals surface area (Å²) in [5.74, 6) is 0.963. The van der Waals surface area contributed by atoms with Crippen LogP contribution in [0.25, 0.3) is 10.9 Å². The van der Waals surface area contributed by atoms with E-state index in [2.05, 4.69) is 15.6 Å². The van der Waals surface area contributed by atoms with E-state index in [4.69, 9.17) is 0 Å². The van der Waals surface area contributed by atoms with Gasteiger partial charge in [-0.05, 0) is 73.7 Å². The van der Waals surface area contributed by atoms with Gasteiger partial charge >= 0.3 is 6.18 Å². The van der Waals surface area contributed by atoms with E-state index in [0.717, 1.165) is 41.6 Å². The van der Waals surface area contributed by atoms with Crippen molar-refractivity contribution >= 4 is 34.0 Å². The highest BCUT2D eigenvalue weighted by Crippen LogP contribution is 2.32. The number of hydrogen-bond acceptors (Lipinski definition) is 3. The predicted octanol–water partition coefficient (Wildman–Crippen LogP) is 7.21. The number of nitrogens with zero attached hydrogens (tertiary/aromatic N) is 1. The highest BCUT2D eigenvalue weighted by molar-refractivity contribution is 5.95. The SMILES string of the molecule is Cc1cc(Nc2cccc(C(F)(F)F)c2)nc2ccc(NC(=O)CC3CCCCC3)cc12. The van der Waals surface area contributed by atoms with Crippen LogP contribution in [0.3, 0.4) is 0 Å². The molecule has 0 unspecified atom stereocenters. The summed E-state index contributed by atoms with van der Waals surface area (Å²) in [6.45, 7) is 1.91. The standard InChI is InChI=1S/C25H26F3N3O/c1-16-12-23(29-19-9-5-8-18(14-19)25(26,27)28)31-22-11-10-20(15-21(16)22)30-24(32)13-17-6-3-2-4-7-17/h5,8-12,14-15,17H,2-4,6-7,13H2,1H3,(H,29,31)(H,30,32). The van der Waals surface area contributed by atoms with Crippen LogP contribution in [0.15, 0.2) is 48.5 Å². The molecule has 2 N–H and O–H groups in total. The van der Waals surface area contributed by atoms with Gasteiger partial charge in [0, 0.05) is 23.2 Å². The fourth-order valence-corrected chi connectivity index (χ4v) is 4.32. The number of alkyl halides is 3. The molecule has 1 fully saturated rings. The predicted molar refractivity (Wildman–Crippen MR) is 121 cm³/mol. The van der Waals surface area contributed by atoms with Gasteiger partial charge in [0.1, 0.15) is 5.82 Å². The molecule has 4 nitrogen and oxygen atoms in total. The number of rotatable bonds is 5. The van der Waals surface area contributed by atoms with E-state index < -0.39 is 11.7 Å². The number of hydrogen-bond donors (Lipinski definition) is 2. The normalized spacial score (nSPS) is 15.0. The molecule has 1 amide bonds. The van der Waals surface area contributed by atoms with Crippen molar-refractivity contribution in [1.29, 1.82) is 0 Å². The number of fused-ring (bicyclic) bond motifs is 1. The lowest BCUT2D eigenvalue weighted by atomic mass is 9.87. The molecular formula is C25H26F3N3O. The minimum Gasteiger partial charge on any atom is -0.340 e. The monoisotopic (exact) mass is 441 g/mol. The molecule has 32 heavy (non-hydrogen) atoms. The van der Waals surface area contributed by atoms with E-state index in [1.54, 1.807) is 12.1 Å². The van der Waals surface area contributed by atoms with Gasteiger partial charge in [0.2, 0.25) is 5.91 Å². The number of halogens is 3. The number of benzene rings is 2. The Kier molecular flexibility index (Phi) is 6.35. The third-order valence-corrected chi connectivity index (χ3v) is 5.96. The van der Waals surface area contributed by atoms with Crippen molar-refractivity contribution < 1.29 is 18.0 Å². The van der Waals surface area contributed by atoms with Crippen LogP contribution in [0.4, 0.5) is 30.4 Å². The van der Waals surface area contributed by atoms with Crippen LogP contribution in [0.2, 0.25) is 0 Å². The molecule has 0 radical (unpaired) electrons. The van der Waals surface area contributed by atoms with Crippen molar-refractivity contribution in [3.8, 4) is 0 Å². The van der Waals surface area contributed by atoms with E-state index in [-0.39, 0.29) is 5.91 Å². The molecule has 0 aliphatic heterocycles. The lowest BCUT2D eigenvalue weighted by Gasteiger charge is -2.20. The minimum atomic E-state index is -4.40. The Morgan fingerprint density at radius 1 is 1.03 bits per heavy atom. The fraction of sp³-hybridized carbons (Fsp3) is 0.360. The first-order valence-corrected chi connectivity index (χ1v) is 10.9. The first-order valence-electron chi connectivity index (χ1n) is 10.9. The summed E-state index contributed by atoms with van der Waals surface area (Å²) >= 11 is 0. The fourth-order valence-electron chi connectivity index (χ4n) is 4.32. The molecule has 0 bridgehead atoms. The summed E-state index contributed by atoms with van der Waals surface area (Å²) < 4.78 is 38.9. The van der Waals surface area contributed by atoms with Crippen LogP contribution in [0.5, 0.6) is 0 Å². The van der Waals surface area contributed by atoms with Crippen molar-refractivity contribution in [1.82, 2.24) is 4.98 Å². The summed E-state index contributed by atoms with van der Waals surface area (Å²) in [5, 5.41) is 6.84. The summed E-state index contributed by atoms with van der Waals surface area (Å²) in [6, 6.07) is 12.3. The van der Waals surface area contributed by atoms with Crippen LogP contribution in [-0.2, 0) is 11.0 Å². The van der Waals surface area contributed by atoms with Gasteiger partial charge in [0.05, 0.1) is 11.1 Å². The van der Waals surface area contributed by atoms with Crippen molar-refractivity contribution in [2.45, 2.75) is 51.6 Å². The number of aryl methyl sites for hydroxylation is 1. The average Bonchev–Trinajstić information content (AvgIpc) is 2.74. The topological polar surface area (TPSA) is 54.0 Å². The molecule has 1 saturated carbocycles. The van der Waals surface area contributed by atoms with Crippen LogP contribution in [0.1, 0.15) is 49.7 Å². The lowest BCUT2D eigenvalue weighted by Crippen LogP contribution is -2.18. The second-order valence-electron chi connectivity index (χ2n) is 8.52. The Bertz CT molecular complexity index is 1120. The van der Waals surface area contributed by atoms with Gasteiger partial charge in [-0.3, -0.25) is 4.79 Å². The molecule has 4 rings (SSSR count). The zero-order chi connectivity index (χ0) is 22.7. The smallest absolute Gasteiger partial charge is 0.340 e. The summed E-state index contributed by atoms with van der Waals surface area (Å²) in [4.78, 5) is 17.0. The molecule has 3 aromatic rings. The first kappa shape index (κ1) is 22.1. The van der Waals surface area contributed by atoms with E-state index in [1.807, 2.05) is 25.1 Å². The van der Waals surface area contributed by atoms with Crippen LogP contribution in [0, 0.1) is 12.8 Å². The third kappa shape index (κ3) is 5.39. The molecule has 1 aliphatic carbocycles. The zero-order valence-electron chi connectivity index (χ0n) is 17.9. The van der Waals surface area contributed by atoms with Crippen LogP contribution in [-0.4, -0.2) is 10.9 Å². The average molecular weight is 441 g/mol. The Hall–Kier alpha value is -3.09. The van der Waals surface area contributed by atoms with Crippen molar-refractivity contribution in [3.63, 3.8) is 0 Å². The Morgan fingerprint density at radius 2 is 1.81 bits per heavy atom. The number of pyridine rings is 1. The Balaban J connectivity index is 1.49. The summed E-state index contributed by atoms with van der Waals surface area (Å²) in [7, 11) is 0. The van der Waals surface area contributed by atoms with Gasteiger partial charge in [-0.25, -0.2) is 4.98 Å². The number of carbonyl (C=O) groups is 1. The number of anilines is 3.